The van der Waals surface area contributed by atoms with E-state index in [1.807, 2.05) is 36.4 Å². The first-order chi connectivity index (χ1) is 13.9. The summed E-state index contributed by atoms with van der Waals surface area (Å²) in [6.45, 7) is 4.19. The fraction of sp³-hybridized carbons (Fsp3) is 0.304. The SMILES string of the molecule is COc1ccc(CC2=N/C(=C/c3ccc(OC)c(C(C)C)c3)C(=O)O2)cc1OC. The van der Waals surface area contributed by atoms with Crippen molar-refractivity contribution >= 4 is 17.9 Å². The van der Waals surface area contributed by atoms with Crippen LogP contribution in [0.3, 0.4) is 0 Å². The number of hydrogen-bond donors (Lipinski definition) is 0. The monoisotopic (exact) mass is 395 g/mol. The Morgan fingerprint density at radius 2 is 1.66 bits per heavy atom. The zero-order valence-electron chi connectivity index (χ0n) is 17.3. The molecule has 29 heavy (non-hydrogen) atoms. The smallest absolute Gasteiger partial charge is 0.363 e. The summed E-state index contributed by atoms with van der Waals surface area (Å²) in [5.41, 5.74) is 3.13. The summed E-state index contributed by atoms with van der Waals surface area (Å²) >= 11 is 0. The number of nitrogens with zero attached hydrogens (tertiary/aromatic N) is 1. The largest absolute Gasteiger partial charge is 0.496 e. The van der Waals surface area contributed by atoms with Crippen LogP contribution >= 0.6 is 0 Å². The van der Waals surface area contributed by atoms with Crippen LogP contribution in [0.4, 0.5) is 0 Å². The summed E-state index contributed by atoms with van der Waals surface area (Å²) < 4.78 is 21.3. The van der Waals surface area contributed by atoms with Crippen LogP contribution in [-0.2, 0) is 16.0 Å². The fourth-order valence-electron chi connectivity index (χ4n) is 3.15. The molecule has 0 saturated carbocycles. The second-order valence-corrected chi connectivity index (χ2v) is 6.95. The Bertz CT molecular complexity index is 975. The van der Waals surface area contributed by atoms with E-state index in [0.717, 1.165) is 22.4 Å². The van der Waals surface area contributed by atoms with E-state index in [-0.39, 0.29) is 5.70 Å². The van der Waals surface area contributed by atoms with Crippen molar-refractivity contribution in [3.05, 3.63) is 58.8 Å². The standard InChI is InChI=1S/C23H25NO5/c1-14(2)17-10-15(6-8-19(17)26-3)11-18-23(25)29-22(24-18)13-16-7-9-20(27-4)21(12-16)28-5/h6-12,14H,13H2,1-5H3/b18-11+. The normalized spacial score (nSPS) is 14.8. The molecule has 0 atom stereocenters. The molecule has 0 saturated heterocycles. The molecular formula is C23H25NO5. The summed E-state index contributed by atoms with van der Waals surface area (Å²) in [4.78, 5) is 16.6. The molecular weight excluding hydrogens is 370 g/mol. The lowest BCUT2D eigenvalue weighted by atomic mass is 9.99. The topological polar surface area (TPSA) is 66.4 Å². The molecule has 0 fully saturated rings. The van der Waals surface area contributed by atoms with Gasteiger partial charge in [-0.1, -0.05) is 26.0 Å². The number of aliphatic imine (C=N–C) groups is 1. The number of rotatable bonds is 7. The van der Waals surface area contributed by atoms with Crippen molar-refractivity contribution in [3.63, 3.8) is 0 Å². The second-order valence-electron chi connectivity index (χ2n) is 6.95. The van der Waals surface area contributed by atoms with Gasteiger partial charge in [0.25, 0.3) is 0 Å². The Balaban J connectivity index is 1.84. The maximum atomic E-state index is 12.3. The number of hydrogen-bond acceptors (Lipinski definition) is 6. The molecule has 6 nitrogen and oxygen atoms in total. The molecule has 2 aromatic rings. The first-order valence-electron chi connectivity index (χ1n) is 9.35. The molecule has 1 heterocycles. The molecule has 0 unspecified atom stereocenters. The number of benzene rings is 2. The Morgan fingerprint density at radius 1 is 0.966 bits per heavy atom. The van der Waals surface area contributed by atoms with Crippen molar-refractivity contribution in [2.45, 2.75) is 26.2 Å². The Morgan fingerprint density at radius 3 is 2.31 bits per heavy atom. The van der Waals surface area contributed by atoms with Crippen LogP contribution in [0.2, 0.25) is 0 Å². The van der Waals surface area contributed by atoms with Crippen LogP contribution < -0.4 is 14.2 Å². The van der Waals surface area contributed by atoms with Crippen molar-refractivity contribution in [2.75, 3.05) is 21.3 Å². The number of carbonyl (C=O) groups is 1. The molecule has 2 aromatic carbocycles. The fourth-order valence-corrected chi connectivity index (χ4v) is 3.15. The molecule has 0 aliphatic carbocycles. The van der Waals surface area contributed by atoms with Gasteiger partial charge in [0, 0.05) is 6.42 Å². The predicted octanol–water partition coefficient (Wildman–Crippen LogP) is 4.37. The van der Waals surface area contributed by atoms with E-state index in [1.54, 1.807) is 27.4 Å². The van der Waals surface area contributed by atoms with Gasteiger partial charge in [-0.2, -0.15) is 0 Å². The van der Waals surface area contributed by atoms with Crippen LogP contribution in [0.15, 0.2) is 47.1 Å². The molecule has 6 heteroatoms. The first-order valence-corrected chi connectivity index (χ1v) is 9.35. The van der Waals surface area contributed by atoms with E-state index < -0.39 is 5.97 Å². The van der Waals surface area contributed by atoms with Crippen molar-refractivity contribution in [3.8, 4) is 17.2 Å². The highest BCUT2D eigenvalue weighted by Crippen LogP contribution is 2.30. The molecule has 3 rings (SSSR count). The zero-order chi connectivity index (χ0) is 21.0. The van der Waals surface area contributed by atoms with Crippen molar-refractivity contribution < 1.29 is 23.7 Å². The third kappa shape index (κ3) is 4.59. The van der Waals surface area contributed by atoms with E-state index in [0.29, 0.717) is 29.7 Å². The van der Waals surface area contributed by atoms with E-state index >= 15 is 0 Å². The zero-order valence-corrected chi connectivity index (χ0v) is 17.3. The van der Waals surface area contributed by atoms with Gasteiger partial charge in [0.05, 0.1) is 21.3 Å². The molecule has 0 bridgehead atoms. The number of methoxy groups -OCH3 is 3. The van der Waals surface area contributed by atoms with Gasteiger partial charge in [-0.25, -0.2) is 9.79 Å². The molecule has 0 aromatic heterocycles. The van der Waals surface area contributed by atoms with Crippen LogP contribution in [-0.4, -0.2) is 33.2 Å². The summed E-state index contributed by atoms with van der Waals surface area (Å²) in [6, 6.07) is 11.3. The predicted molar refractivity (Wildman–Crippen MR) is 112 cm³/mol. The average molecular weight is 395 g/mol. The molecule has 0 amide bonds. The van der Waals surface area contributed by atoms with Gasteiger partial charge in [0.1, 0.15) is 5.75 Å². The number of esters is 1. The summed E-state index contributed by atoms with van der Waals surface area (Å²) in [6.07, 6.45) is 2.11. The molecule has 0 spiro atoms. The van der Waals surface area contributed by atoms with Gasteiger partial charge in [-0.3, -0.25) is 0 Å². The second kappa shape index (κ2) is 8.82. The minimum atomic E-state index is -0.456. The maximum Gasteiger partial charge on any atom is 0.363 e. The summed E-state index contributed by atoms with van der Waals surface area (Å²) in [7, 11) is 4.82. The van der Waals surface area contributed by atoms with Gasteiger partial charge >= 0.3 is 5.97 Å². The number of carbonyl (C=O) groups excluding carboxylic acids is 1. The van der Waals surface area contributed by atoms with E-state index in [9.17, 15) is 4.79 Å². The Kier molecular flexibility index (Phi) is 6.22. The third-order valence-electron chi connectivity index (χ3n) is 4.65. The van der Waals surface area contributed by atoms with Crippen molar-refractivity contribution in [2.24, 2.45) is 4.99 Å². The van der Waals surface area contributed by atoms with Gasteiger partial charge < -0.3 is 18.9 Å². The van der Waals surface area contributed by atoms with Crippen LogP contribution in [0.5, 0.6) is 17.2 Å². The highest BCUT2D eigenvalue weighted by atomic mass is 16.6. The van der Waals surface area contributed by atoms with Gasteiger partial charge in [0.2, 0.25) is 5.90 Å². The van der Waals surface area contributed by atoms with Crippen molar-refractivity contribution in [1.82, 2.24) is 0 Å². The third-order valence-corrected chi connectivity index (χ3v) is 4.65. The average Bonchev–Trinajstić information content (AvgIpc) is 3.06. The van der Waals surface area contributed by atoms with E-state index in [1.165, 1.54) is 0 Å². The molecule has 152 valence electrons. The Hall–Kier alpha value is -3.28. The van der Waals surface area contributed by atoms with Crippen LogP contribution in [0.1, 0.15) is 36.5 Å². The van der Waals surface area contributed by atoms with E-state index in [2.05, 4.69) is 18.8 Å². The van der Waals surface area contributed by atoms with Crippen LogP contribution in [0.25, 0.3) is 6.08 Å². The number of ether oxygens (including phenoxy) is 4. The van der Waals surface area contributed by atoms with Crippen molar-refractivity contribution in [1.29, 1.82) is 0 Å². The first kappa shape index (κ1) is 20.5. The lowest BCUT2D eigenvalue weighted by Gasteiger charge is -2.12. The van der Waals surface area contributed by atoms with Gasteiger partial charge in [0.15, 0.2) is 17.2 Å². The Labute approximate surface area is 170 Å². The van der Waals surface area contributed by atoms with E-state index in [4.69, 9.17) is 18.9 Å². The highest BCUT2D eigenvalue weighted by Gasteiger charge is 2.23. The van der Waals surface area contributed by atoms with Crippen LogP contribution in [0, 0.1) is 0 Å². The quantitative estimate of drug-likeness (QED) is 0.514. The maximum absolute atomic E-state index is 12.3. The molecule has 1 aliphatic heterocycles. The molecule has 0 N–H and O–H groups in total. The minimum absolute atomic E-state index is 0.278. The lowest BCUT2D eigenvalue weighted by molar-refractivity contribution is -0.130. The summed E-state index contributed by atoms with van der Waals surface area (Å²) in [5.74, 6) is 2.28. The highest BCUT2D eigenvalue weighted by molar-refractivity contribution is 6.07. The molecule has 1 aliphatic rings. The summed E-state index contributed by atoms with van der Waals surface area (Å²) in [5, 5.41) is 0. The molecule has 0 radical (unpaired) electrons. The lowest BCUT2D eigenvalue weighted by Crippen LogP contribution is -2.07. The van der Waals surface area contributed by atoms with Gasteiger partial charge in [-0.15, -0.1) is 0 Å². The minimum Gasteiger partial charge on any atom is -0.496 e. The number of cyclic esters (lactones) is 1. The van der Waals surface area contributed by atoms with Gasteiger partial charge in [-0.05, 0) is 52.9 Å².